The van der Waals surface area contributed by atoms with Crippen molar-refractivity contribution < 1.29 is 14.7 Å². The summed E-state index contributed by atoms with van der Waals surface area (Å²) in [6.07, 6.45) is 6.38. The lowest BCUT2D eigenvalue weighted by Gasteiger charge is -2.21. The van der Waals surface area contributed by atoms with Gasteiger partial charge in [-0.25, -0.2) is 4.98 Å². The zero-order valence-corrected chi connectivity index (χ0v) is 12.3. The number of carbonyl (C=O) groups excluding carboxylic acids is 1. The van der Waals surface area contributed by atoms with E-state index in [9.17, 15) is 9.59 Å². The highest BCUT2D eigenvalue weighted by molar-refractivity contribution is 5.95. The summed E-state index contributed by atoms with van der Waals surface area (Å²) >= 11 is 0. The van der Waals surface area contributed by atoms with E-state index in [2.05, 4.69) is 9.88 Å². The fraction of sp³-hybridized carbons (Fsp3) is 0.533. The number of rotatable bonds is 4. The van der Waals surface area contributed by atoms with Crippen molar-refractivity contribution in [2.24, 2.45) is 0 Å². The molecule has 0 bridgehead atoms. The first-order valence-electron chi connectivity index (χ1n) is 7.26. The number of nitrogens with zero attached hydrogens (tertiary/aromatic N) is 3. The van der Waals surface area contributed by atoms with Crippen molar-refractivity contribution in [3.05, 3.63) is 23.9 Å². The van der Waals surface area contributed by atoms with Gasteiger partial charge < -0.3 is 14.9 Å². The Morgan fingerprint density at radius 1 is 1.24 bits per heavy atom. The van der Waals surface area contributed by atoms with E-state index in [1.165, 1.54) is 43.8 Å². The van der Waals surface area contributed by atoms with Gasteiger partial charge in [-0.1, -0.05) is 12.8 Å². The van der Waals surface area contributed by atoms with Crippen molar-refractivity contribution in [2.45, 2.75) is 25.7 Å². The van der Waals surface area contributed by atoms with Crippen LogP contribution in [0, 0.1) is 0 Å². The number of carboxylic acids is 1. The molecule has 0 aliphatic carbocycles. The van der Waals surface area contributed by atoms with E-state index < -0.39 is 5.97 Å². The van der Waals surface area contributed by atoms with Crippen molar-refractivity contribution in [1.82, 2.24) is 9.88 Å². The molecule has 1 amide bonds. The molecule has 2 heterocycles. The van der Waals surface area contributed by atoms with Crippen LogP contribution in [0.25, 0.3) is 0 Å². The van der Waals surface area contributed by atoms with Crippen LogP contribution in [0.2, 0.25) is 0 Å². The fourth-order valence-electron chi connectivity index (χ4n) is 2.49. The number of hydrogen-bond acceptors (Lipinski definition) is 4. The van der Waals surface area contributed by atoms with Crippen molar-refractivity contribution in [2.75, 3.05) is 31.6 Å². The zero-order valence-electron chi connectivity index (χ0n) is 12.3. The SMILES string of the molecule is CN(CC(=O)O)C(=O)c1ccc(N2CCCCCC2)nc1. The molecule has 6 heteroatoms. The summed E-state index contributed by atoms with van der Waals surface area (Å²) in [5.41, 5.74) is 0.414. The Bertz CT molecular complexity index is 493. The number of pyridine rings is 1. The maximum atomic E-state index is 12.0. The lowest BCUT2D eigenvalue weighted by molar-refractivity contribution is -0.137. The van der Waals surface area contributed by atoms with Crippen molar-refractivity contribution in [3.63, 3.8) is 0 Å². The normalized spacial score (nSPS) is 15.4. The third kappa shape index (κ3) is 4.18. The molecule has 21 heavy (non-hydrogen) atoms. The Kier molecular flexibility index (Phi) is 5.14. The molecule has 1 saturated heterocycles. The van der Waals surface area contributed by atoms with Crippen LogP contribution in [0.5, 0.6) is 0 Å². The number of aromatic nitrogens is 1. The number of carboxylic acid groups (broad SMARTS) is 1. The third-order valence-corrected chi connectivity index (χ3v) is 3.64. The first-order chi connectivity index (χ1) is 10.1. The van der Waals surface area contributed by atoms with E-state index in [1.807, 2.05) is 6.07 Å². The second kappa shape index (κ2) is 7.06. The van der Waals surface area contributed by atoms with Crippen LogP contribution in [-0.4, -0.2) is 53.5 Å². The molecule has 1 N–H and O–H groups in total. The first-order valence-corrected chi connectivity index (χ1v) is 7.26. The standard InChI is InChI=1S/C15H21N3O3/c1-17(11-14(19)20)15(21)12-6-7-13(16-10-12)18-8-4-2-3-5-9-18/h6-7,10H,2-5,8-9,11H2,1H3,(H,19,20). The minimum absolute atomic E-state index is 0.313. The molecule has 0 unspecified atom stereocenters. The largest absolute Gasteiger partial charge is 0.480 e. The summed E-state index contributed by atoms with van der Waals surface area (Å²) in [4.78, 5) is 30.4. The molecule has 114 valence electrons. The summed E-state index contributed by atoms with van der Waals surface area (Å²) in [7, 11) is 1.47. The van der Waals surface area contributed by atoms with E-state index in [0.29, 0.717) is 5.56 Å². The van der Waals surface area contributed by atoms with Crippen molar-refractivity contribution in [3.8, 4) is 0 Å². The quantitative estimate of drug-likeness (QED) is 0.912. The molecule has 0 saturated carbocycles. The second-order valence-corrected chi connectivity index (χ2v) is 5.36. The van der Waals surface area contributed by atoms with Gasteiger partial charge in [0.05, 0.1) is 5.56 Å². The van der Waals surface area contributed by atoms with Gasteiger partial charge in [0, 0.05) is 26.3 Å². The van der Waals surface area contributed by atoms with Crippen LogP contribution in [0.1, 0.15) is 36.0 Å². The van der Waals surface area contributed by atoms with Gasteiger partial charge in [-0.15, -0.1) is 0 Å². The summed E-state index contributed by atoms with van der Waals surface area (Å²) < 4.78 is 0. The van der Waals surface area contributed by atoms with Crippen molar-refractivity contribution >= 4 is 17.7 Å². The Morgan fingerprint density at radius 3 is 2.43 bits per heavy atom. The summed E-state index contributed by atoms with van der Waals surface area (Å²) in [6, 6.07) is 3.56. The van der Waals surface area contributed by atoms with E-state index in [4.69, 9.17) is 5.11 Å². The highest BCUT2D eigenvalue weighted by atomic mass is 16.4. The zero-order chi connectivity index (χ0) is 15.2. The molecule has 0 radical (unpaired) electrons. The van der Waals surface area contributed by atoms with E-state index >= 15 is 0 Å². The molecule has 0 atom stereocenters. The Labute approximate surface area is 124 Å². The lowest BCUT2D eigenvalue weighted by Crippen LogP contribution is -2.32. The van der Waals surface area contributed by atoms with Crippen LogP contribution in [0.15, 0.2) is 18.3 Å². The summed E-state index contributed by atoms with van der Waals surface area (Å²) in [6.45, 7) is 1.69. The van der Waals surface area contributed by atoms with Crippen LogP contribution in [0.3, 0.4) is 0 Å². The molecule has 1 fully saturated rings. The monoisotopic (exact) mass is 291 g/mol. The van der Waals surface area contributed by atoms with Crippen LogP contribution in [0.4, 0.5) is 5.82 Å². The number of likely N-dealkylation sites (N-methyl/N-ethyl adjacent to an activating group) is 1. The van der Waals surface area contributed by atoms with Gasteiger partial charge in [0.25, 0.3) is 5.91 Å². The predicted octanol–water partition coefficient (Wildman–Crippen LogP) is 1.62. The molecular formula is C15H21N3O3. The molecule has 1 aliphatic heterocycles. The molecule has 1 aliphatic rings. The number of amides is 1. The van der Waals surface area contributed by atoms with Gasteiger partial charge in [0.15, 0.2) is 0 Å². The number of aliphatic carboxylic acids is 1. The molecular weight excluding hydrogens is 270 g/mol. The Balaban J connectivity index is 2.04. The Hall–Kier alpha value is -2.11. The van der Waals surface area contributed by atoms with Crippen molar-refractivity contribution in [1.29, 1.82) is 0 Å². The molecule has 0 aromatic carbocycles. The molecule has 6 nitrogen and oxygen atoms in total. The summed E-state index contributed by atoms with van der Waals surface area (Å²) in [5, 5.41) is 8.70. The Morgan fingerprint density at radius 2 is 1.90 bits per heavy atom. The maximum Gasteiger partial charge on any atom is 0.323 e. The highest BCUT2D eigenvalue weighted by Gasteiger charge is 2.16. The van der Waals surface area contributed by atoms with E-state index in [0.717, 1.165) is 18.9 Å². The van der Waals surface area contributed by atoms with E-state index in [-0.39, 0.29) is 12.5 Å². The summed E-state index contributed by atoms with van der Waals surface area (Å²) in [5.74, 6) is -0.471. The van der Waals surface area contributed by atoms with E-state index in [1.54, 1.807) is 6.07 Å². The van der Waals surface area contributed by atoms with Gasteiger partial charge in [-0.3, -0.25) is 9.59 Å². The van der Waals surface area contributed by atoms with Crippen LogP contribution >= 0.6 is 0 Å². The molecule has 0 spiro atoms. The average molecular weight is 291 g/mol. The number of anilines is 1. The smallest absolute Gasteiger partial charge is 0.323 e. The topological polar surface area (TPSA) is 73.7 Å². The van der Waals surface area contributed by atoms with Gasteiger partial charge >= 0.3 is 5.97 Å². The van der Waals surface area contributed by atoms with Gasteiger partial charge in [-0.05, 0) is 25.0 Å². The lowest BCUT2D eigenvalue weighted by atomic mass is 10.2. The fourth-order valence-corrected chi connectivity index (χ4v) is 2.49. The number of carbonyl (C=O) groups is 2. The number of hydrogen-bond donors (Lipinski definition) is 1. The van der Waals surface area contributed by atoms with Gasteiger partial charge in [0.2, 0.25) is 0 Å². The first kappa shape index (κ1) is 15.3. The molecule has 1 aromatic rings. The molecule has 2 rings (SSSR count). The van der Waals surface area contributed by atoms with Crippen LogP contribution < -0.4 is 4.90 Å². The third-order valence-electron chi connectivity index (χ3n) is 3.64. The second-order valence-electron chi connectivity index (χ2n) is 5.36. The van der Waals surface area contributed by atoms with Gasteiger partial charge in [0.1, 0.15) is 12.4 Å². The predicted molar refractivity (Wildman–Crippen MR) is 79.5 cm³/mol. The minimum atomic E-state index is -1.03. The molecule has 1 aromatic heterocycles. The highest BCUT2D eigenvalue weighted by Crippen LogP contribution is 2.17. The van der Waals surface area contributed by atoms with Crippen LogP contribution in [-0.2, 0) is 4.79 Å². The maximum absolute atomic E-state index is 12.0. The van der Waals surface area contributed by atoms with Gasteiger partial charge in [-0.2, -0.15) is 0 Å². The minimum Gasteiger partial charge on any atom is -0.480 e. The average Bonchev–Trinajstić information content (AvgIpc) is 2.75.